The van der Waals surface area contributed by atoms with Gasteiger partial charge in [0.05, 0.1) is 0 Å². The molecule has 2 N–H and O–H groups in total. The summed E-state index contributed by atoms with van der Waals surface area (Å²) in [7, 11) is 0. The van der Waals surface area contributed by atoms with Gasteiger partial charge >= 0.3 is 0 Å². The molecule has 0 saturated heterocycles. The predicted octanol–water partition coefficient (Wildman–Crippen LogP) is 3.93. The maximum Gasteiger partial charge on any atom is 0.278 e. The van der Waals surface area contributed by atoms with Crippen LogP contribution in [-0.2, 0) is 17.6 Å². The summed E-state index contributed by atoms with van der Waals surface area (Å²) < 4.78 is 2.02. The number of hydrogen-bond donors (Lipinski definition) is 2. The maximum atomic E-state index is 13.3. The van der Waals surface area contributed by atoms with Gasteiger partial charge in [-0.3, -0.25) is 14.9 Å². The average Bonchev–Trinajstić information content (AvgIpc) is 3.46. The van der Waals surface area contributed by atoms with Crippen LogP contribution in [0.25, 0.3) is 22.5 Å². The van der Waals surface area contributed by atoms with Gasteiger partial charge in [0.15, 0.2) is 5.82 Å². The van der Waals surface area contributed by atoms with Crippen LogP contribution < -0.4 is 10.9 Å². The first-order valence-electron chi connectivity index (χ1n) is 12.5. The molecule has 2 aromatic heterocycles. The number of anilines is 1. The molecule has 9 heteroatoms. The Hall–Kier alpha value is -4.14. The highest BCUT2D eigenvalue weighted by molar-refractivity contribution is 5.96. The van der Waals surface area contributed by atoms with Crippen LogP contribution in [0.15, 0.2) is 53.3 Å². The van der Waals surface area contributed by atoms with Crippen LogP contribution in [0.1, 0.15) is 55.5 Å². The Labute approximate surface area is 208 Å². The summed E-state index contributed by atoms with van der Waals surface area (Å²) in [6, 6.07) is 15.9. The molecular formula is C27H27N7O2. The lowest BCUT2D eigenvalue weighted by atomic mass is 9.94. The standard InChI is InChI=1S/C27H27N7O2/c1-2-3-9-22-21(25(35)28-27-29-26(36)23(34(22)27)18-11-12-18)15-16-10-13-19(17-7-5-4-6-8-17)20(14-16)24-30-32-33-31-24/h4-8,10,13-14,18,23H,2-3,9,11-12,15H2,1H3,(H,28,29,35,36)(H,30,31,32,33). The zero-order valence-electron chi connectivity index (χ0n) is 20.1. The van der Waals surface area contributed by atoms with E-state index < -0.39 is 0 Å². The van der Waals surface area contributed by atoms with Crippen molar-refractivity contribution >= 4 is 11.9 Å². The number of nitrogens with zero attached hydrogens (tertiary/aromatic N) is 5. The number of aromatic nitrogens is 6. The minimum absolute atomic E-state index is 0.0494. The zero-order chi connectivity index (χ0) is 24.6. The van der Waals surface area contributed by atoms with Gasteiger partial charge in [0.1, 0.15) is 6.04 Å². The summed E-state index contributed by atoms with van der Waals surface area (Å²) in [5.41, 5.74) is 5.17. The van der Waals surface area contributed by atoms with Crippen molar-refractivity contribution in [1.29, 1.82) is 0 Å². The highest BCUT2D eigenvalue weighted by Crippen LogP contribution is 2.44. The molecule has 0 radical (unpaired) electrons. The second-order valence-electron chi connectivity index (χ2n) is 9.58. The van der Waals surface area contributed by atoms with Gasteiger partial charge in [0.2, 0.25) is 11.9 Å². The molecule has 6 rings (SSSR count). The third-order valence-corrected chi connectivity index (χ3v) is 7.10. The number of unbranched alkanes of at least 4 members (excludes halogenated alkanes) is 1. The highest BCUT2D eigenvalue weighted by Gasteiger charge is 2.44. The average molecular weight is 482 g/mol. The number of amides is 1. The van der Waals surface area contributed by atoms with Gasteiger partial charge < -0.3 is 4.57 Å². The summed E-state index contributed by atoms with van der Waals surface area (Å²) in [5, 5.41) is 17.4. The van der Waals surface area contributed by atoms with Crippen molar-refractivity contribution in [3.8, 4) is 22.5 Å². The van der Waals surface area contributed by atoms with Gasteiger partial charge in [-0.15, -0.1) is 5.10 Å². The van der Waals surface area contributed by atoms with E-state index in [1.807, 2.05) is 53.1 Å². The first-order chi connectivity index (χ1) is 17.6. The van der Waals surface area contributed by atoms with Crippen LogP contribution in [0.5, 0.6) is 0 Å². The number of benzene rings is 2. The number of rotatable bonds is 8. The molecule has 1 amide bonds. The van der Waals surface area contributed by atoms with E-state index in [4.69, 9.17) is 0 Å². The Morgan fingerprint density at radius 3 is 2.61 bits per heavy atom. The van der Waals surface area contributed by atoms with Crippen LogP contribution in [0, 0.1) is 5.92 Å². The number of H-pyrrole nitrogens is 1. The second-order valence-corrected chi connectivity index (χ2v) is 9.58. The molecule has 3 heterocycles. The lowest BCUT2D eigenvalue weighted by molar-refractivity contribution is -0.118. The van der Waals surface area contributed by atoms with Gasteiger partial charge in [-0.05, 0) is 64.8 Å². The van der Waals surface area contributed by atoms with Gasteiger partial charge in [-0.25, -0.2) is 5.10 Å². The Morgan fingerprint density at radius 2 is 1.89 bits per heavy atom. The molecule has 2 aliphatic rings. The number of carbonyl (C=O) groups is 1. The Balaban J connectivity index is 1.45. The number of aromatic amines is 1. The lowest BCUT2D eigenvalue weighted by Crippen LogP contribution is -2.25. The topological polar surface area (TPSA) is 118 Å². The lowest BCUT2D eigenvalue weighted by Gasteiger charge is -2.20. The van der Waals surface area contributed by atoms with E-state index >= 15 is 0 Å². The fraction of sp³-hybridized carbons (Fsp3) is 0.333. The summed E-state index contributed by atoms with van der Waals surface area (Å²) >= 11 is 0. The molecule has 182 valence electrons. The summed E-state index contributed by atoms with van der Waals surface area (Å²) in [4.78, 5) is 30.3. The Kier molecular flexibility index (Phi) is 5.67. The van der Waals surface area contributed by atoms with Crippen molar-refractivity contribution in [2.75, 3.05) is 5.32 Å². The van der Waals surface area contributed by atoms with Gasteiger partial charge in [0, 0.05) is 23.2 Å². The molecule has 0 spiro atoms. The fourth-order valence-corrected chi connectivity index (χ4v) is 5.18. The molecular weight excluding hydrogens is 454 g/mol. The summed E-state index contributed by atoms with van der Waals surface area (Å²) in [5.74, 6) is 1.23. The summed E-state index contributed by atoms with van der Waals surface area (Å²) in [6.45, 7) is 2.13. The van der Waals surface area contributed by atoms with E-state index in [2.05, 4.69) is 37.8 Å². The van der Waals surface area contributed by atoms with Gasteiger partial charge in [0.25, 0.3) is 5.56 Å². The molecule has 9 nitrogen and oxygen atoms in total. The van der Waals surface area contributed by atoms with E-state index in [0.717, 1.165) is 60.1 Å². The molecule has 36 heavy (non-hydrogen) atoms. The van der Waals surface area contributed by atoms with Crippen LogP contribution in [0.3, 0.4) is 0 Å². The van der Waals surface area contributed by atoms with E-state index in [0.29, 0.717) is 29.7 Å². The first kappa shape index (κ1) is 22.3. The smallest absolute Gasteiger partial charge is 0.278 e. The van der Waals surface area contributed by atoms with Crippen molar-refractivity contribution in [2.24, 2.45) is 5.92 Å². The molecule has 1 atom stereocenters. The van der Waals surface area contributed by atoms with Crippen molar-refractivity contribution in [1.82, 2.24) is 30.2 Å². The predicted molar refractivity (Wildman–Crippen MR) is 135 cm³/mol. The van der Waals surface area contributed by atoms with Crippen molar-refractivity contribution in [3.05, 3.63) is 75.7 Å². The fourth-order valence-electron chi connectivity index (χ4n) is 5.18. The molecule has 1 saturated carbocycles. The van der Waals surface area contributed by atoms with Crippen LogP contribution in [0.4, 0.5) is 5.95 Å². The largest absolute Gasteiger partial charge is 0.302 e. The third kappa shape index (κ3) is 4.00. The van der Waals surface area contributed by atoms with Crippen LogP contribution in [-0.4, -0.2) is 36.1 Å². The van der Waals surface area contributed by atoms with Gasteiger partial charge in [-0.2, -0.15) is 4.98 Å². The Bertz CT molecular complexity index is 1470. The maximum absolute atomic E-state index is 13.3. The van der Waals surface area contributed by atoms with E-state index in [1.54, 1.807) is 0 Å². The quantitative estimate of drug-likeness (QED) is 0.394. The van der Waals surface area contributed by atoms with Crippen LogP contribution in [0.2, 0.25) is 0 Å². The number of carbonyl (C=O) groups excluding carboxylic acids is 1. The number of tetrazole rings is 1. The highest BCUT2D eigenvalue weighted by atomic mass is 16.2. The normalized spacial score (nSPS) is 16.7. The second kappa shape index (κ2) is 9.14. The minimum Gasteiger partial charge on any atom is -0.302 e. The molecule has 1 aliphatic carbocycles. The molecule has 1 aliphatic heterocycles. The number of nitrogens with one attached hydrogen (secondary N) is 2. The molecule has 1 unspecified atom stereocenters. The first-order valence-corrected chi connectivity index (χ1v) is 12.5. The Morgan fingerprint density at radius 1 is 1.06 bits per heavy atom. The van der Waals surface area contributed by atoms with Crippen LogP contribution >= 0.6 is 0 Å². The van der Waals surface area contributed by atoms with E-state index in [1.165, 1.54) is 0 Å². The van der Waals surface area contributed by atoms with E-state index in [-0.39, 0.29) is 17.5 Å². The molecule has 1 fully saturated rings. The third-order valence-electron chi connectivity index (χ3n) is 7.10. The molecule has 4 aromatic rings. The number of fused-ring (bicyclic) bond motifs is 1. The van der Waals surface area contributed by atoms with Crippen molar-refractivity contribution in [2.45, 2.75) is 51.5 Å². The molecule has 2 aromatic carbocycles. The van der Waals surface area contributed by atoms with Crippen molar-refractivity contribution in [3.63, 3.8) is 0 Å². The van der Waals surface area contributed by atoms with Gasteiger partial charge in [-0.1, -0.05) is 55.8 Å². The minimum atomic E-state index is -0.279. The number of hydrogen-bond acceptors (Lipinski definition) is 6. The zero-order valence-corrected chi connectivity index (χ0v) is 20.1. The van der Waals surface area contributed by atoms with E-state index in [9.17, 15) is 9.59 Å². The molecule has 0 bridgehead atoms. The monoisotopic (exact) mass is 481 g/mol. The SMILES string of the molecule is CCCCc1c(Cc2ccc(-c3ccccc3)c(-c3nnn[nH]3)c2)c(=O)nc2n1C(C1CC1)C(=O)N2. The van der Waals surface area contributed by atoms with Crippen molar-refractivity contribution < 1.29 is 4.79 Å². The summed E-state index contributed by atoms with van der Waals surface area (Å²) in [6.07, 6.45) is 5.14.